The van der Waals surface area contributed by atoms with E-state index in [1.807, 2.05) is 43.3 Å². The van der Waals surface area contributed by atoms with Gasteiger partial charge in [-0.05, 0) is 29.8 Å². The van der Waals surface area contributed by atoms with E-state index in [-0.39, 0.29) is 11.5 Å². The molecule has 0 fully saturated rings. The molecule has 0 radical (unpaired) electrons. The standard InChI is InChI=1S/C19H20N2O3S/c1-21(2)18-7-3-6-17-16(18)5-4-8-19(17)25(23,24)20-15-11-9-14(13-22)10-12-15/h3-12,20,22H,13H2,1-2H3. The van der Waals surface area contributed by atoms with Crippen molar-refractivity contribution in [1.29, 1.82) is 0 Å². The molecule has 0 spiro atoms. The van der Waals surface area contributed by atoms with Gasteiger partial charge in [0.2, 0.25) is 0 Å². The Labute approximate surface area is 147 Å². The lowest BCUT2D eigenvalue weighted by Crippen LogP contribution is -2.14. The fraction of sp³-hybridized carbons (Fsp3) is 0.158. The topological polar surface area (TPSA) is 69.6 Å². The van der Waals surface area contributed by atoms with Crippen molar-refractivity contribution in [3.63, 3.8) is 0 Å². The summed E-state index contributed by atoms with van der Waals surface area (Å²) in [6, 6.07) is 17.5. The SMILES string of the molecule is CN(C)c1cccc2c(S(=O)(=O)Nc3ccc(CO)cc3)cccc12. The number of aliphatic hydroxyl groups is 1. The average Bonchev–Trinajstić information content (AvgIpc) is 2.60. The second-order valence-corrected chi connectivity index (χ2v) is 7.63. The molecule has 3 aromatic carbocycles. The molecular formula is C19H20N2O3S. The summed E-state index contributed by atoms with van der Waals surface area (Å²) in [6.07, 6.45) is 0. The van der Waals surface area contributed by atoms with E-state index in [9.17, 15) is 8.42 Å². The van der Waals surface area contributed by atoms with E-state index in [1.165, 1.54) is 0 Å². The van der Waals surface area contributed by atoms with Crippen molar-refractivity contribution in [3.05, 3.63) is 66.2 Å². The summed E-state index contributed by atoms with van der Waals surface area (Å²) in [4.78, 5) is 2.19. The molecule has 5 nitrogen and oxygen atoms in total. The molecule has 0 saturated heterocycles. The summed E-state index contributed by atoms with van der Waals surface area (Å²) in [5.41, 5.74) is 2.14. The molecule has 0 aliphatic heterocycles. The van der Waals surface area contributed by atoms with E-state index in [4.69, 9.17) is 5.11 Å². The zero-order valence-electron chi connectivity index (χ0n) is 14.1. The molecule has 0 bridgehead atoms. The van der Waals surface area contributed by atoms with Crippen LogP contribution in [-0.4, -0.2) is 27.6 Å². The molecule has 0 aliphatic rings. The van der Waals surface area contributed by atoms with Crippen LogP contribution in [0.25, 0.3) is 10.8 Å². The van der Waals surface area contributed by atoms with Gasteiger partial charge in [-0.2, -0.15) is 0 Å². The first kappa shape index (κ1) is 17.3. The Morgan fingerprint density at radius 2 is 1.56 bits per heavy atom. The van der Waals surface area contributed by atoms with E-state index in [1.54, 1.807) is 36.4 Å². The second kappa shape index (κ2) is 6.74. The van der Waals surface area contributed by atoms with E-state index < -0.39 is 10.0 Å². The highest BCUT2D eigenvalue weighted by Gasteiger charge is 2.18. The maximum Gasteiger partial charge on any atom is 0.262 e. The van der Waals surface area contributed by atoms with Crippen molar-refractivity contribution in [2.75, 3.05) is 23.7 Å². The lowest BCUT2D eigenvalue weighted by Gasteiger charge is -2.17. The predicted octanol–water partition coefficient (Wildman–Crippen LogP) is 3.20. The Hall–Kier alpha value is -2.57. The van der Waals surface area contributed by atoms with Crippen molar-refractivity contribution < 1.29 is 13.5 Å². The minimum absolute atomic E-state index is 0.0797. The summed E-state index contributed by atoms with van der Waals surface area (Å²) < 4.78 is 28.4. The van der Waals surface area contributed by atoms with Crippen molar-refractivity contribution in [2.24, 2.45) is 0 Å². The van der Waals surface area contributed by atoms with Crippen LogP contribution in [0.15, 0.2) is 65.6 Å². The number of benzene rings is 3. The minimum atomic E-state index is -3.73. The van der Waals surface area contributed by atoms with Gasteiger partial charge in [-0.25, -0.2) is 8.42 Å². The van der Waals surface area contributed by atoms with Crippen LogP contribution < -0.4 is 9.62 Å². The Morgan fingerprint density at radius 1 is 0.920 bits per heavy atom. The fourth-order valence-corrected chi connectivity index (χ4v) is 4.06. The van der Waals surface area contributed by atoms with Crippen LogP contribution in [0.1, 0.15) is 5.56 Å². The Bertz CT molecular complexity index is 997. The summed E-state index contributed by atoms with van der Waals surface area (Å²) >= 11 is 0. The third kappa shape index (κ3) is 3.45. The Kier molecular flexibility index (Phi) is 4.65. The van der Waals surface area contributed by atoms with Gasteiger partial charge < -0.3 is 10.0 Å². The Morgan fingerprint density at radius 3 is 2.20 bits per heavy atom. The van der Waals surface area contributed by atoms with E-state index in [0.717, 1.165) is 16.6 Å². The number of hydrogen-bond donors (Lipinski definition) is 2. The minimum Gasteiger partial charge on any atom is -0.392 e. The molecule has 25 heavy (non-hydrogen) atoms. The normalized spacial score (nSPS) is 11.5. The van der Waals surface area contributed by atoms with Gasteiger partial charge in [0.05, 0.1) is 11.5 Å². The summed E-state index contributed by atoms with van der Waals surface area (Å²) in [7, 11) is 0.122. The monoisotopic (exact) mass is 356 g/mol. The Balaban J connectivity index is 2.06. The fourth-order valence-electron chi connectivity index (χ4n) is 2.78. The number of sulfonamides is 1. The molecule has 0 aromatic heterocycles. The van der Waals surface area contributed by atoms with Crippen molar-refractivity contribution in [2.45, 2.75) is 11.5 Å². The van der Waals surface area contributed by atoms with Crippen LogP contribution in [0.2, 0.25) is 0 Å². The van der Waals surface area contributed by atoms with Gasteiger partial charge in [-0.1, -0.05) is 36.4 Å². The third-order valence-corrected chi connectivity index (χ3v) is 5.46. The quantitative estimate of drug-likeness (QED) is 0.737. The maximum atomic E-state index is 12.9. The number of aliphatic hydroxyl groups excluding tert-OH is 1. The van der Waals surface area contributed by atoms with E-state index >= 15 is 0 Å². The molecule has 6 heteroatoms. The highest BCUT2D eigenvalue weighted by Crippen LogP contribution is 2.31. The second-order valence-electron chi connectivity index (χ2n) is 5.98. The molecule has 0 atom stereocenters. The van der Waals surface area contributed by atoms with Gasteiger partial charge in [0.25, 0.3) is 10.0 Å². The molecule has 130 valence electrons. The molecule has 0 heterocycles. The van der Waals surface area contributed by atoms with Crippen LogP contribution >= 0.6 is 0 Å². The van der Waals surface area contributed by atoms with Crippen molar-refractivity contribution in [3.8, 4) is 0 Å². The van der Waals surface area contributed by atoms with Crippen LogP contribution in [0, 0.1) is 0 Å². The van der Waals surface area contributed by atoms with Gasteiger partial charge in [0, 0.05) is 36.2 Å². The summed E-state index contributed by atoms with van der Waals surface area (Å²) in [6.45, 7) is -0.0797. The van der Waals surface area contributed by atoms with Gasteiger partial charge >= 0.3 is 0 Å². The number of nitrogens with one attached hydrogen (secondary N) is 1. The number of rotatable bonds is 5. The van der Waals surface area contributed by atoms with Crippen molar-refractivity contribution >= 4 is 32.2 Å². The first-order valence-corrected chi connectivity index (χ1v) is 9.32. The van der Waals surface area contributed by atoms with Crippen LogP contribution in [0.4, 0.5) is 11.4 Å². The lowest BCUT2D eigenvalue weighted by atomic mass is 10.1. The molecular weight excluding hydrogens is 336 g/mol. The lowest BCUT2D eigenvalue weighted by molar-refractivity contribution is 0.282. The predicted molar refractivity (Wildman–Crippen MR) is 101 cm³/mol. The largest absolute Gasteiger partial charge is 0.392 e. The van der Waals surface area contributed by atoms with Crippen molar-refractivity contribution in [1.82, 2.24) is 0 Å². The molecule has 0 saturated carbocycles. The summed E-state index contributed by atoms with van der Waals surface area (Å²) in [5, 5.41) is 10.6. The van der Waals surface area contributed by atoms with Gasteiger partial charge in [-0.15, -0.1) is 0 Å². The number of fused-ring (bicyclic) bond motifs is 1. The molecule has 3 rings (SSSR count). The van der Waals surface area contributed by atoms with E-state index in [0.29, 0.717) is 11.1 Å². The van der Waals surface area contributed by atoms with E-state index in [2.05, 4.69) is 4.72 Å². The van der Waals surface area contributed by atoms with Gasteiger partial charge in [0.1, 0.15) is 0 Å². The highest BCUT2D eigenvalue weighted by atomic mass is 32.2. The zero-order valence-corrected chi connectivity index (χ0v) is 14.9. The molecule has 2 N–H and O–H groups in total. The molecule has 0 amide bonds. The zero-order chi connectivity index (χ0) is 18.0. The first-order chi connectivity index (χ1) is 11.9. The average molecular weight is 356 g/mol. The van der Waals surface area contributed by atoms with Crippen LogP contribution in [0.3, 0.4) is 0 Å². The molecule has 3 aromatic rings. The maximum absolute atomic E-state index is 12.9. The number of anilines is 2. The number of hydrogen-bond acceptors (Lipinski definition) is 4. The number of nitrogens with zero attached hydrogens (tertiary/aromatic N) is 1. The van der Waals surface area contributed by atoms with Crippen LogP contribution in [-0.2, 0) is 16.6 Å². The highest BCUT2D eigenvalue weighted by molar-refractivity contribution is 7.93. The van der Waals surface area contributed by atoms with Gasteiger partial charge in [0.15, 0.2) is 0 Å². The molecule has 0 unspecified atom stereocenters. The third-order valence-electron chi connectivity index (χ3n) is 4.02. The first-order valence-electron chi connectivity index (χ1n) is 7.84. The van der Waals surface area contributed by atoms with Crippen LogP contribution in [0.5, 0.6) is 0 Å². The smallest absolute Gasteiger partial charge is 0.262 e. The summed E-state index contributed by atoms with van der Waals surface area (Å²) in [5.74, 6) is 0. The van der Waals surface area contributed by atoms with Gasteiger partial charge in [-0.3, -0.25) is 4.72 Å². The molecule has 0 aliphatic carbocycles.